The number of morpholine rings is 1. The smallest absolute Gasteiger partial charge is 0.252 e. The Bertz CT molecular complexity index is 767. The second-order valence-electron chi connectivity index (χ2n) is 6.21. The number of hydrogen-bond donors (Lipinski definition) is 1. The topological polar surface area (TPSA) is 63.6 Å². The zero-order valence-electron chi connectivity index (χ0n) is 14.4. The maximum atomic E-state index is 12.6. The lowest BCUT2D eigenvalue weighted by molar-refractivity contribution is 0.0332. The number of pyridine rings is 1. The lowest BCUT2D eigenvalue weighted by atomic mass is 10.1. The fraction of sp³-hybridized carbons (Fsp3) is 0.368. The molecule has 1 saturated heterocycles. The lowest BCUT2D eigenvalue weighted by Gasteiger charge is -2.31. The van der Waals surface area contributed by atoms with Crippen molar-refractivity contribution in [2.75, 3.05) is 32.8 Å². The fourth-order valence-electron chi connectivity index (χ4n) is 2.89. The van der Waals surface area contributed by atoms with Crippen molar-refractivity contribution in [3.05, 3.63) is 70.1 Å². The molecule has 0 bridgehead atoms. The number of nitrogens with zero attached hydrogens (tertiary/aromatic N) is 2. The minimum absolute atomic E-state index is 0.143. The highest BCUT2D eigenvalue weighted by atomic mass is 16.5. The third kappa shape index (κ3) is 4.55. The summed E-state index contributed by atoms with van der Waals surface area (Å²) in [4.78, 5) is 26.7. The predicted octanol–water partition coefficient (Wildman–Crippen LogP) is 1.19. The van der Waals surface area contributed by atoms with Gasteiger partial charge in [-0.15, -0.1) is 0 Å². The van der Waals surface area contributed by atoms with Crippen LogP contribution in [0.2, 0.25) is 0 Å². The highest BCUT2D eigenvalue weighted by Gasteiger charge is 2.20. The number of carbonyl (C=O) groups excluding carboxylic acids is 1. The van der Waals surface area contributed by atoms with E-state index in [0.717, 1.165) is 18.7 Å². The van der Waals surface area contributed by atoms with Crippen molar-refractivity contribution in [3.63, 3.8) is 0 Å². The third-order valence-electron chi connectivity index (χ3n) is 4.42. The molecule has 25 heavy (non-hydrogen) atoms. The quantitative estimate of drug-likeness (QED) is 0.887. The molecule has 2 aromatic rings. The number of aryl methyl sites for hydroxylation is 1. The molecular formula is C19H23N3O3. The maximum Gasteiger partial charge on any atom is 0.252 e. The Morgan fingerprint density at radius 2 is 1.92 bits per heavy atom. The van der Waals surface area contributed by atoms with Crippen LogP contribution in [0.3, 0.4) is 0 Å². The van der Waals surface area contributed by atoms with Crippen molar-refractivity contribution in [1.82, 2.24) is 14.8 Å². The van der Waals surface area contributed by atoms with Gasteiger partial charge in [-0.1, -0.05) is 30.3 Å². The Morgan fingerprint density at radius 1 is 1.20 bits per heavy atom. The number of ether oxygens (including phenoxy) is 1. The first-order chi connectivity index (χ1) is 12.1. The van der Waals surface area contributed by atoms with Crippen molar-refractivity contribution in [3.8, 4) is 0 Å². The van der Waals surface area contributed by atoms with Crippen LogP contribution in [0.1, 0.15) is 22.0 Å². The summed E-state index contributed by atoms with van der Waals surface area (Å²) in [5.41, 5.74) is 1.23. The van der Waals surface area contributed by atoms with E-state index in [1.165, 1.54) is 10.6 Å². The molecule has 0 spiro atoms. The standard InChI is InChI=1S/C19H23N3O3/c1-21-8-7-16(13-18(21)23)19(24)20-17(15-5-3-2-4-6-15)14-22-9-11-25-12-10-22/h2-8,13,17H,9-12,14H2,1H3,(H,20,24). The number of hydrogen-bond acceptors (Lipinski definition) is 4. The summed E-state index contributed by atoms with van der Waals surface area (Å²) in [6.45, 7) is 3.84. The Hall–Kier alpha value is -2.44. The molecule has 1 aromatic heterocycles. The van der Waals surface area contributed by atoms with Gasteiger partial charge in [0.15, 0.2) is 0 Å². The van der Waals surface area contributed by atoms with E-state index in [4.69, 9.17) is 4.74 Å². The lowest BCUT2D eigenvalue weighted by Crippen LogP contribution is -2.43. The van der Waals surface area contributed by atoms with Crippen LogP contribution in [-0.4, -0.2) is 48.2 Å². The first kappa shape index (κ1) is 17.4. The maximum absolute atomic E-state index is 12.6. The molecule has 1 N–H and O–H groups in total. The summed E-state index contributed by atoms with van der Waals surface area (Å²) in [6, 6.07) is 12.8. The van der Waals surface area contributed by atoms with Crippen LogP contribution in [0.4, 0.5) is 0 Å². The zero-order chi connectivity index (χ0) is 17.6. The van der Waals surface area contributed by atoms with Gasteiger partial charge >= 0.3 is 0 Å². The number of rotatable bonds is 5. The summed E-state index contributed by atoms with van der Waals surface area (Å²) >= 11 is 0. The first-order valence-electron chi connectivity index (χ1n) is 8.46. The van der Waals surface area contributed by atoms with Crippen LogP contribution in [-0.2, 0) is 11.8 Å². The minimum atomic E-state index is -0.236. The average molecular weight is 341 g/mol. The summed E-state index contributed by atoms with van der Waals surface area (Å²) in [5, 5.41) is 3.07. The van der Waals surface area contributed by atoms with Crippen LogP contribution in [0.25, 0.3) is 0 Å². The summed E-state index contributed by atoms with van der Waals surface area (Å²) in [7, 11) is 1.66. The number of aromatic nitrogens is 1. The second-order valence-corrected chi connectivity index (χ2v) is 6.21. The van der Waals surface area contributed by atoms with Gasteiger partial charge in [0.1, 0.15) is 0 Å². The number of carbonyl (C=O) groups is 1. The third-order valence-corrected chi connectivity index (χ3v) is 4.42. The Morgan fingerprint density at radius 3 is 2.60 bits per heavy atom. The molecule has 1 amide bonds. The van der Waals surface area contributed by atoms with Crippen molar-refractivity contribution < 1.29 is 9.53 Å². The molecule has 1 fully saturated rings. The molecule has 1 atom stereocenters. The molecule has 6 heteroatoms. The molecule has 6 nitrogen and oxygen atoms in total. The van der Waals surface area contributed by atoms with Gasteiger partial charge in [-0.3, -0.25) is 14.5 Å². The SMILES string of the molecule is Cn1ccc(C(=O)NC(CN2CCOCC2)c2ccccc2)cc1=O. The van der Waals surface area contributed by atoms with E-state index in [1.54, 1.807) is 19.3 Å². The van der Waals surface area contributed by atoms with Crippen molar-refractivity contribution in [2.24, 2.45) is 7.05 Å². The molecule has 3 rings (SSSR count). The van der Waals surface area contributed by atoms with Crippen LogP contribution in [0, 0.1) is 0 Å². The van der Waals surface area contributed by atoms with Gasteiger partial charge in [-0.25, -0.2) is 0 Å². The zero-order valence-corrected chi connectivity index (χ0v) is 14.4. The van der Waals surface area contributed by atoms with E-state index in [9.17, 15) is 9.59 Å². The van der Waals surface area contributed by atoms with Crippen LogP contribution in [0.15, 0.2) is 53.5 Å². The van der Waals surface area contributed by atoms with Crippen LogP contribution in [0.5, 0.6) is 0 Å². The van der Waals surface area contributed by atoms with Gasteiger partial charge in [0.25, 0.3) is 11.5 Å². The molecule has 132 valence electrons. The number of amides is 1. The van der Waals surface area contributed by atoms with E-state index in [1.807, 2.05) is 30.3 Å². The molecular weight excluding hydrogens is 318 g/mol. The van der Waals surface area contributed by atoms with Gasteiger partial charge in [-0.05, 0) is 11.6 Å². The average Bonchev–Trinajstić information content (AvgIpc) is 2.65. The number of nitrogens with one attached hydrogen (secondary N) is 1. The number of benzene rings is 1. The monoisotopic (exact) mass is 341 g/mol. The van der Waals surface area contributed by atoms with Gasteiger partial charge < -0.3 is 14.6 Å². The van der Waals surface area contributed by atoms with Gasteiger partial charge in [-0.2, -0.15) is 0 Å². The Kier molecular flexibility index (Phi) is 5.63. The fourth-order valence-corrected chi connectivity index (χ4v) is 2.89. The molecule has 1 aliphatic heterocycles. The van der Waals surface area contributed by atoms with Gasteiger partial charge in [0.2, 0.25) is 0 Å². The molecule has 0 saturated carbocycles. The second kappa shape index (κ2) is 8.09. The molecule has 0 aliphatic carbocycles. The normalized spacial score (nSPS) is 16.4. The van der Waals surface area contributed by atoms with E-state index < -0.39 is 0 Å². The van der Waals surface area contributed by atoms with E-state index in [2.05, 4.69) is 10.2 Å². The predicted molar refractivity (Wildman–Crippen MR) is 95.6 cm³/mol. The van der Waals surface area contributed by atoms with E-state index in [0.29, 0.717) is 25.3 Å². The molecule has 1 aromatic carbocycles. The van der Waals surface area contributed by atoms with Crippen molar-refractivity contribution in [2.45, 2.75) is 6.04 Å². The van der Waals surface area contributed by atoms with Gasteiger partial charge in [0, 0.05) is 44.5 Å². The van der Waals surface area contributed by atoms with Gasteiger partial charge in [0.05, 0.1) is 19.3 Å². The van der Waals surface area contributed by atoms with Crippen LogP contribution >= 0.6 is 0 Å². The first-order valence-corrected chi connectivity index (χ1v) is 8.46. The van der Waals surface area contributed by atoms with Crippen molar-refractivity contribution in [1.29, 1.82) is 0 Å². The molecule has 1 aliphatic rings. The summed E-state index contributed by atoms with van der Waals surface area (Å²) in [5.74, 6) is -0.236. The Labute approximate surface area is 147 Å². The minimum Gasteiger partial charge on any atom is -0.379 e. The van der Waals surface area contributed by atoms with Crippen molar-refractivity contribution >= 4 is 5.91 Å². The summed E-state index contributed by atoms with van der Waals surface area (Å²) < 4.78 is 6.84. The summed E-state index contributed by atoms with van der Waals surface area (Å²) in [6.07, 6.45) is 1.61. The largest absolute Gasteiger partial charge is 0.379 e. The van der Waals surface area contributed by atoms with E-state index in [-0.39, 0.29) is 17.5 Å². The highest BCUT2D eigenvalue weighted by Crippen LogP contribution is 2.16. The van der Waals surface area contributed by atoms with Crippen LogP contribution < -0.4 is 10.9 Å². The highest BCUT2D eigenvalue weighted by molar-refractivity contribution is 5.94. The molecule has 0 radical (unpaired) electrons. The molecule has 2 heterocycles. The van der Waals surface area contributed by atoms with E-state index >= 15 is 0 Å². The molecule has 1 unspecified atom stereocenters. The Balaban J connectivity index is 1.77.